The van der Waals surface area contributed by atoms with Gasteiger partial charge in [-0.25, -0.2) is 13.2 Å². The average molecular weight is 410 g/mol. The van der Waals surface area contributed by atoms with E-state index in [0.29, 0.717) is 30.3 Å². The minimum atomic E-state index is -3.22. The van der Waals surface area contributed by atoms with E-state index in [1.165, 1.54) is 4.31 Å². The zero-order valence-electron chi connectivity index (χ0n) is 16.9. The number of hydrogen-bond donors (Lipinski definition) is 3. The molecular formula is C20H31N3O4S. The number of hydrogen-bond acceptors (Lipinski definition) is 4. The maximum absolute atomic E-state index is 12.6. The highest BCUT2D eigenvalue weighted by molar-refractivity contribution is 7.93. The number of carbonyl (C=O) groups is 1. The van der Waals surface area contributed by atoms with Gasteiger partial charge in [0.05, 0.1) is 23.6 Å². The van der Waals surface area contributed by atoms with Gasteiger partial charge in [-0.2, -0.15) is 0 Å². The molecule has 2 fully saturated rings. The molecule has 2 atom stereocenters. The minimum absolute atomic E-state index is 0.0521. The SMILES string of the molecule is CC1CC(C)(C)CC(CO)(NC(=O)Nc2ccc(N3CCCS3(=O)=O)cc2)C1. The number of nitrogens with one attached hydrogen (secondary N) is 2. The van der Waals surface area contributed by atoms with E-state index >= 15 is 0 Å². The summed E-state index contributed by atoms with van der Waals surface area (Å²) in [5.74, 6) is 0.589. The van der Waals surface area contributed by atoms with Crippen molar-refractivity contribution in [1.29, 1.82) is 0 Å². The normalized spacial score (nSPS) is 28.7. The lowest BCUT2D eigenvalue weighted by atomic mass is 9.64. The van der Waals surface area contributed by atoms with E-state index in [1.807, 2.05) is 0 Å². The summed E-state index contributed by atoms with van der Waals surface area (Å²) in [4.78, 5) is 12.6. The van der Waals surface area contributed by atoms with E-state index in [0.717, 1.165) is 19.3 Å². The van der Waals surface area contributed by atoms with Crippen LogP contribution in [0.15, 0.2) is 24.3 Å². The van der Waals surface area contributed by atoms with Gasteiger partial charge in [0.1, 0.15) is 0 Å². The van der Waals surface area contributed by atoms with Crippen molar-refractivity contribution in [1.82, 2.24) is 5.32 Å². The third-order valence-corrected chi connectivity index (χ3v) is 7.52. The lowest BCUT2D eigenvalue weighted by molar-refractivity contribution is 0.0446. The van der Waals surface area contributed by atoms with E-state index in [4.69, 9.17) is 0 Å². The van der Waals surface area contributed by atoms with Crippen molar-refractivity contribution in [3.8, 4) is 0 Å². The molecule has 0 spiro atoms. The number of urea groups is 1. The molecule has 2 aliphatic rings. The molecule has 28 heavy (non-hydrogen) atoms. The molecule has 1 aliphatic carbocycles. The summed E-state index contributed by atoms with van der Waals surface area (Å²) in [5, 5.41) is 15.8. The molecule has 1 aliphatic heterocycles. The molecule has 1 heterocycles. The van der Waals surface area contributed by atoms with Crippen LogP contribution in [0.4, 0.5) is 16.2 Å². The van der Waals surface area contributed by atoms with Crippen LogP contribution in [-0.2, 0) is 10.0 Å². The number of aliphatic hydroxyl groups is 1. The Balaban J connectivity index is 1.66. The Bertz CT molecular complexity index is 822. The second-order valence-corrected chi connectivity index (χ2v) is 11.2. The van der Waals surface area contributed by atoms with E-state index in [9.17, 15) is 18.3 Å². The summed E-state index contributed by atoms with van der Waals surface area (Å²) in [6.45, 7) is 6.87. The van der Waals surface area contributed by atoms with Gasteiger partial charge >= 0.3 is 6.03 Å². The predicted octanol–water partition coefficient (Wildman–Crippen LogP) is 2.93. The van der Waals surface area contributed by atoms with Crippen molar-refractivity contribution in [2.24, 2.45) is 11.3 Å². The Hall–Kier alpha value is -1.80. The topological polar surface area (TPSA) is 98.7 Å². The smallest absolute Gasteiger partial charge is 0.319 e. The molecule has 0 radical (unpaired) electrons. The molecule has 8 heteroatoms. The van der Waals surface area contributed by atoms with Gasteiger partial charge in [-0.15, -0.1) is 0 Å². The predicted molar refractivity (Wildman–Crippen MR) is 111 cm³/mol. The van der Waals surface area contributed by atoms with Crippen molar-refractivity contribution in [2.75, 3.05) is 28.5 Å². The molecule has 7 nitrogen and oxygen atoms in total. The number of nitrogens with zero attached hydrogens (tertiary/aromatic N) is 1. The fraction of sp³-hybridized carbons (Fsp3) is 0.650. The van der Waals surface area contributed by atoms with Crippen molar-refractivity contribution in [3.63, 3.8) is 0 Å². The second kappa shape index (κ2) is 7.55. The summed E-state index contributed by atoms with van der Waals surface area (Å²) in [6, 6.07) is 6.43. The Labute approximate surface area is 167 Å². The van der Waals surface area contributed by atoms with Gasteiger partial charge in [0.2, 0.25) is 10.0 Å². The highest BCUT2D eigenvalue weighted by Crippen LogP contribution is 2.43. The van der Waals surface area contributed by atoms with E-state index in [2.05, 4.69) is 31.4 Å². The molecule has 3 rings (SSSR count). The first-order chi connectivity index (χ1) is 13.0. The van der Waals surface area contributed by atoms with Gasteiger partial charge in [0, 0.05) is 12.2 Å². The first kappa shape index (κ1) is 20.9. The van der Waals surface area contributed by atoms with E-state index in [1.54, 1.807) is 24.3 Å². The lowest BCUT2D eigenvalue weighted by Crippen LogP contribution is -2.58. The summed E-state index contributed by atoms with van der Waals surface area (Å²) >= 11 is 0. The molecule has 156 valence electrons. The summed E-state index contributed by atoms with van der Waals surface area (Å²) in [7, 11) is -3.22. The number of amides is 2. The van der Waals surface area contributed by atoms with Crippen molar-refractivity contribution < 1.29 is 18.3 Å². The molecule has 0 bridgehead atoms. The molecule has 2 amide bonds. The van der Waals surface area contributed by atoms with Crippen LogP contribution in [0.25, 0.3) is 0 Å². The van der Waals surface area contributed by atoms with Crippen LogP contribution in [0, 0.1) is 11.3 Å². The second-order valence-electron chi connectivity index (χ2n) is 9.16. The van der Waals surface area contributed by atoms with Gasteiger partial charge in [-0.1, -0.05) is 20.8 Å². The van der Waals surface area contributed by atoms with Gasteiger partial charge in [0.15, 0.2) is 0 Å². The molecule has 1 saturated carbocycles. The van der Waals surface area contributed by atoms with E-state index < -0.39 is 15.6 Å². The van der Waals surface area contributed by atoms with Gasteiger partial charge in [0.25, 0.3) is 0 Å². The summed E-state index contributed by atoms with van der Waals surface area (Å²) in [5.41, 5.74) is 0.609. The maximum Gasteiger partial charge on any atom is 0.319 e. The Morgan fingerprint density at radius 3 is 2.46 bits per heavy atom. The fourth-order valence-corrected chi connectivity index (χ4v) is 6.61. The monoisotopic (exact) mass is 409 g/mol. The van der Waals surface area contributed by atoms with Gasteiger partial charge in [-0.3, -0.25) is 4.31 Å². The highest BCUT2D eigenvalue weighted by Gasteiger charge is 2.43. The van der Waals surface area contributed by atoms with E-state index in [-0.39, 0.29) is 23.8 Å². The molecule has 1 saturated heterocycles. The molecule has 2 unspecified atom stereocenters. The summed E-state index contributed by atoms with van der Waals surface area (Å²) in [6.07, 6.45) is 3.16. The molecule has 0 aromatic heterocycles. The number of rotatable bonds is 4. The van der Waals surface area contributed by atoms with Crippen LogP contribution in [0.1, 0.15) is 46.5 Å². The molecule has 1 aromatic rings. The Morgan fingerprint density at radius 1 is 1.25 bits per heavy atom. The van der Waals surface area contributed by atoms with Gasteiger partial charge < -0.3 is 15.7 Å². The van der Waals surface area contributed by atoms with Crippen molar-refractivity contribution in [3.05, 3.63) is 24.3 Å². The zero-order chi connectivity index (χ0) is 20.6. The van der Waals surface area contributed by atoms with Crippen LogP contribution >= 0.6 is 0 Å². The van der Waals surface area contributed by atoms with Crippen LogP contribution in [0.2, 0.25) is 0 Å². The van der Waals surface area contributed by atoms with Crippen LogP contribution in [0.3, 0.4) is 0 Å². The van der Waals surface area contributed by atoms with Crippen LogP contribution < -0.4 is 14.9 Å². The van der Waals surface area contributed by atoms with Crippen molar-refractivity contribution >= 4 is 27.4 Å². The Morgan fingerprint density at radius 2 is 1.93 bits per heavy atom. The quantitative estimate of drug-likeness (QED) is 0.712. The lowest BCUT2D eigenvalue weighted by Gasteiger charge is -2.47. The zero-order valence-corrected chi connectivity index (χ0v) is 17.7. The maximum atomic E-state index is 12.6. The largest absolute Gasteiger partial charge is 0.394 e. The molecule has 1 aromatic carbocycles. The minimum Gasteiger partial charge on any atom is -0.394 e. The van der Waals surface area contributed by atoms with Crippen molar-refractivity contribution in [2.45, 2.75) is 52.0 Å². The van der Waals surface area contributed by atoms with Crippen LogP contribution in [-0.4, -0.2) is 44.0 Å². The molecule has 3 N–H and O–H groups in total. The third kappa shape index (κ3) is 4.60. The standard InChI is InChI=1S/C20H31N3O4S/c1-15-11-19(2,3)13-20(12-15,14-24)22-18(25)21-16-5-7-17(8-6-16)23-9-4-10-28(23,26)27/h5-8,15,24H,4,9-14H2,1-3H3,(H2,21,22,25). The fourth-order valence-electron chi connectivity index (χ4n) is 5.04. The number of sulfonamides is 1. The van der Waals surface area contributed by atoms with Gasteiger partial charge in [-0.05, 0) is 61.3 Å². The first-order valence-corrected chi connectivity index (χ1v) is 11.5. The number of carbonyl (C=O) groups excluding carboxylic acids is 1. The first-order valence-electron chi connectivity index (χ1n) is 9.85. The third-order valence-electron chi connectivity index (χ3n) is 5.65. The number of aliphatic hydroxyl groups excluding tert-OH is 1. The van der Waals surface area contributed by atoms with Crippen LogP contribution in [0.5, 0.6) is 0 Å². The average Bonchev–Trinajstić information content (AvgIpc) is 2.92. The number of anilines is 2. The Kier molecular flexibility index (Phi) is 5.64. The molecular weight excluding hydrogens is 378 g/mol. The number of benzene rings is 1. The summed E-state index contributed by atoms with van der Waals surface area (Å²) < 4.78 is 25.4. The highest BCUT2D eigenvalue weighted by atomic mass is 32.2.